The van der Waals surface area contributed by atoms with Gasteiger partial charge in [-0.3, -0.25) is 9.20 Å². The van der Waals surface area contributed by atoms with Gasteiger partial charge in [0.15, 0.2) is 5.65 Å². The van der Waals surface area contributed by atoms with E-state index >= 15 is 0 Å². The van der Waals surface area contributed by atoms with E-state index in [1.54, 1.807) is 18.2 Å². The molecule has 42 heavy (non-hydrogen) atoms. The second-order valence-corrected chi connectivity index (χ2v) is 13.3. The van der Waals surface area contributed by atoms with Gasteiger partial charge in [0.05, 0.1) is 12.6 Å². The number of piperidine rings is 1. The summed E-state index contributed by atoms with van der Waals surface area (Å²) in [4.78, 5) is 18.0. The maximum absolute atomic E-state index is 14.3. The summed E-state index contributed by atoms with van der Waals surface area (Å²) in [5.74, 6) is -1.25. The Labute approximate surface area is 247 Å². The molecular weight excluding hydrogens is 583 g/mol. The molecule has 10 nitrogen and oxygen atoms in total. The van der Waals surface area contributed by atoms with Crippen molar-refractivity contribution in [2.45, 2.75) is 62.9 Å². The summed E-state index contributed by atoms with van der Waals surface area (Å²) in [6, 6.07) is 8.01. The van der Waals surface area contributed by atoms with Crippen LogP contribution in [-0.4, -0.2) is 62.5 Å². The fourth-order valence-electron chi connectivity index (χ4n) is 6.20. The number of aryl methyl sites for hydroxylation is 2. The second kappa shape index (κ2) is 10.9. The smallest absolute Gasteiger partial charge is 0.304 e. The number of sulfonamides is 1. The molecule has 1 unspecified atom stereocenters. The molecule has 1 N–H and O–H groups in total. The lowest BCUT2D eigenvalue weighted by Crippen LogP contribution is -2.45. The number of benzene rings is 1. The molecule has 2 aliphatic heterocycles. The van der Waals surface area contributed by atoms with Crippen LogP contribution in [0.1, 0.15) is 59.7 Å². The summed E-state index contributed by atoms with van der Waals surface area (Å²) >= 11 is 6.64. The summed E-state index contributed by atoms with van der Waals surface area (Å²) in [5, 5.41) is 18.6. The Morgan fingerprint density at radius 3 is 2.79 bits per heavy atom. The molecule has 1 saturated heterocycles. The van der Waals surface area contributed by atoms with E-state index in [0.29, 0.717) is 28.3 Å². The highest BCUT2D eigenvalue weighted by atomic mass is 35.5. The number of carboxylic acid groups (broad SMARTS) is 1. The summed E-state index contributed by atoms with van der Waals surface area (Å²) in [7, 11) is -4.13. The number of anilines is 1. The topological polar surface area (TPSA) is 121 Å². The zero-order chi connectivity index (χ0) is 29.8. The molecule has 6 rings (SSSR count). The number of halogens is 2. The van der Waals surface area contributed by atoms with Crippen LogP contribution in [0, 0.1) is 19.7 Å². The van der Waals surface area contributed by atoms with E-state index in [9.17, 15) is 22.7 Å². The van der Waals surface area contributed by atoms with E-state index in [0.717, 1.165) is 48.5 Å². The predicted molar refractivity (Wildman–Crippen MR) is 155 cm³/mol. The van der Waals surface area contributed by atoms with Crippen molar-refractivity contribution in [1.82, 2.24) is 23.9 Å². The van der Waals surface area contributed by atoms with Crippen molar-refractivity contribution >= 4 is 39.1 Å². The number of nitrogens with zero attached hydrogens (tertiary/aromatic N) is 6. The highest BCUT2D eigenvalue weighted by molar-refractivity contribution is 7.89. The third kappa shape index (κ3) is 5.01. The second-order valence-electron chi connectivity index (χ2n) is 11.0. The van der Waals surface area contributed by atoms with Gasteiger partial charge in [-0.2, -0.15) is 4.31 Å². The summed E-state index contributed by atoms with van der Waals surface area (Å²) < 4.78 is 45.4. The Balaban J connectivity index is 1.41. The van der Waals surface area contributed by atoms with Crippen LogP contribution < -0.4 is 4.90 Å². The van der Waals surface area contributed by atoms with Gasteiger partial charge in [-0.15, -0.1) is 10.2 Å². The molecule has 3 aromatic heterocycles. The summed E-state index contributed by atoms with van der Waals surface area (Å²) in [6.07, 6.45) is 5.31. The van der Waals surface area contributed by atoms with Crippen molar-refractivity contribution in [1.29, 1.82) is 0 Å². The van der Waals surface area contributed by atoms with Crippen LogP contribution in [-0.2, 0) is 21.4 Å². The highest BCUT2D eigenvalue weighted by Crippen LogP contribution is 2.38. The molecular formula is C29H30ClFN6O4S. The van der Waals surface area contributed by atoms with Crippen molar-refractivity contribution in [2.75, 3.05) is 18.0 Å². The average molecular weight is 613 g/mol. The Morgan fingerprint density at radius 1 is 1.19 bits per heavy atom. The molecule has 1 fully saturated rings. The quantitative estimate of drug-likeness (QED) is 0.333. The molecule has 0 amide bonds. The third-order valence-corrected chi connectivity index (χ3v) is 10.5. The van der Waals surface area contributed by atoms with E-state index < -0.39 is 27.7 Å². The Bertz CT molecular complexity index is 1810. The van der Waals surface area contributed by atoms with Gasteiger partial charge >= 0.3 is 5.97 Å². The molecule has 2 aliphatic rings. The number of hydrogen-bond donors (Lipinski definition) is 1. The molecule has 0 spiro atoms. The van der Waals surface area contributed by atoms with Crippen molar-refractivity contribution in [2.24, 2.45) is 0 Å². The van der Waals surface area contributed by atoms with Gasteiger partial charge in [0, 0.05) is 42.8 Å². The normalized spacial score (nSPS) is 19.2. The molecule has 2 atom stereocenters. The van der Waals surface area contributed by atoms with Crippen LogP contribution in [0.5, 0.6) is 0 Å². The molecule has 0 saturated carbocycles. The first kappa shape index (κ1) is 28.5. The third-order valence-electron chi connectivity index (χ3n) is 8.34. The average Bonchev–Trinajstić information content (AvgIpc) is 3.30. The van der Waals surface area contributed by atoms with Gasteiger partial charge in [-0.1, -0.05) is 23.7 Å². The fraction of sp³-hybridized carbons (Fsp3) is 0.379. The van der Waals surface area contributed by atoms with Gasteiger partial charge in [-0.05, 0) is 73.6 Å². The van der Waals surface area contributed by atoms with Crippen LogP contribution in [0.4, 0.5) is 10.2 Å². The Morgan fingerprint density at radius 2 is 2.00 bits per heavy atom. The van der Waals surface area contributed by atoms with E-state index in [1.165, 1.54) is 4.31 Å². The van der Waals surface area contributed by atoms with Crippen LogP contribution in [0.25, 0.3) is 5.65 Å². The number of hydrogen-bond acceptors (Lipinski definition) is 7. The lowest BCUT2D eigenvalue weighted by molar-refractivity contribution is -0.137. The largest absolute Gasteiger partial charge is 0.481 e. The molecule has 220 valence electrons. The van der Waals surface area contributed by atoms with E-state index in [4.69, 9.17) is 11.6 Å². The van der Waals surface area contributed by atoms with Crippen molar-refractivity contribution in [3.8, 4) is 0 Å². The van der Waals surface area contributed by atoms with Crippen LogP contribution in [0.3, 0.4) is 0 Å². The van der Waals surface area contributed by atoms with Gasteiger partial charge < -0.3 is 10.0 Å². The van der Waals surface area contributed by atoms with Crippen molar-refractivity contribution in [3.63, 3.8) is 0 Å². The standard InChI is InChI=1S/C29H30ClFN6O4S/c1-17-23(8-10-36-18(2)33-34-28(17)36)24(13-27(38)39)19-6-7-25(30)20(11-19)15-35-16-22-5-3-4-9-37(22)29-26(42(35,40)41)12-21(31)14-32-29/h6-8,10-12,14,22,24H,3-5,9,13,15-16H2,1-2H3,(H,38,39)/t22?,24-/m1/s1. The first-order chi connectivity index (χ1) is 20.0. The minimum Gasteiger partial charge on any atom is -0.481 e. The number of aromatic nitrogens is 4. The summed E-state index contributed by atoms with van der Waals surface area (Å²) in [6.45, 7) is 4.50. The van der Waals surface area contributed by atoms with Crippen molar-refractivity contribution in [3.05, 3.63) is 81.6 Å². The number of aliphatic carboxylic acids is 1. The minimum absolute atomic E-state index is 0.0590. The molecule has 0 aliphatic carbocycles. The fourth-order valence-corrected chi connectivity index (χ4v) is 8.00. The Hall–Kier alpha value is -3.61. The van der Waals surface area contributed by atoms with Crippen LogP contribution >= 0.6 is 11.6 Å². The first-order valence-electron chi connectivity index (χ1n) is 13.8. The maximum atomic E-state index is 14.3. The van der Waals surface area contributed by atoms with Gasteiger partial charge in [0.25, 0.3) is 0 Å². The lowest BCUT2D eigenvalue weighted by atomic mass is 9.86. The molecule has 1 aromatic carbocycles. The van der Waals surface area contributed by atoms with E-state index in [2.05, 4.69) is 15.2 Å². The summed E-state index contributed by atoms with van der Waals surface area (Å²) in [5.41, 5.74) is 3.43. The number of rotatable bonds is 6. The molecule has 0 bridgehead atoms. The van der Waals surface area contributed by atoms with Gasteiger partial charge in [0.2, 0.25) is 10.0 Å². The lowest BCUT2D eigenvalue weighted by Gasteiger charge is -2.36. The van der Waals surface area contributed by atoms with Crippen LogP contribution in [0.2, 0.25) is 5.02 Å². The Kier molecular flexibility index (Phi) is 7.40. The number of carbonyl (C=O) groups is 1. The zero-order valence-electron chi connectivity index (χ0n) is 23.2. The van der Waals surface area contributed by atoms with Crippen molar-refractivity contribution < 1.29 is 22.7 Å². The van der Waals surface area contributed by atoms with Gasteiger partial charge in [-0.25, -0.2) is 17.8 Å². The molecule has 5 heterocycles. The SMILES string of the molecule is Cc1c([C@H](CC(=O)O)c2ccc(Cl)c(CN3CC4CCCCN4c4ncc(F)cc4S3(=O)=O)c2)ccn2c(C)nnc12. The van der Waals surface area contributed by atoms with E-state index in [1.807, 2.05) is 35.4 Å². The number of fused-ring (bicyclic) bond motifs is 4. The maximum Gasteiger partial charge on any atom is 0.304 e. The zero-order valence-corrected chi connectivity index (χ0v) is 24.7. The molecule has 4 aromatic rings. The first-order valence-corrected chi connectivity index (χ1v) is 15.6. The van der Waals surface area contributed by atoms with E-state index in [-0.39, 0.29) is 36.3 Å². The molecule has 13 heteroatoms. The predicted octanol–water partition coefficient (Wildman–Crippen LogP) is 4.70. The molecule has 0 radical (unpaired) electrons. The minimum atomic E-state index is -4.13. The number of pyridine rings is 2. The van der Waals surface area contributed by atoms with Gasteiger partial charge in [0.1, 0.15) is 22.4 Å². The highest BCUT2D eigenvalue weighted by Gasteiger charge is 2.40. The monoisotopic (exact) mass is 612 g/mol. The number of carboxylic acids is 1. The van der Waals surface area contributed by atoms with Crippen LogP contribution in [0.15, 0.2) is 47.6 Å².